The molecule has 0 radical (unpaired) electrons. The van der Waals surface area contributed by atoms with Crippen molar-refractivity contribution in [2.75, 3.05) is 13.6 Å². The van der Waals surface area contributed by atoms with Crippen LogP contribution in [-0.2, 0) is 6.54 Å². The number of halogens is 2. The van der Waals surface area contributed by atoms with Crippen molar-refractivity contribution in [2.24, 2.45) is 0 Å². The van der Waals surface area contributed by atoms with Crippen molar-refractivity contribution in [3.05, 3.63) is 69.2 Å². The molecule has 0 aliphatic rings. The van der Waals surface area contributed by atoms with Crippen molar-refractivity contribution < 1.29 is 4.79 Å². The van der Waals surface area contributed by atoms with Crippen LogP contribution in [0, 0.1) is 0 Å². The summed E-state index contributed by atoms with van der Waals surface area (Å²) in [6.45, 7) is 1.00. The van der Waals surface area contributed by atoms with Crippen LogP contribution in [-0.4, -0.2) is 24.3 Å². The van der Waals surface area contributed by atoms with Gasteiger partial charge in [0.2, 0.25) is 0 Å². The minimum absolute atomic E-state index is 0.0898. The molecule has 0 unspecified atom stereocenters. The molecule has 0 amide bonds. The second-order valence-corrected chi connectivity index (χ2v) is 5.93. The van der Waals surface area contributed by atoms with Crippen molar-refractivity contribution in [3.63, 3.8) is 0 Å². The zero-order valence-electron chi connectivity index (χ0n) is 11.1. The Kier molecular flexibility index (Phi) is 5.35. The van der Waals surface area contributed by atoms with E-state index < -0.39 is 0 Å². The van der Waals surface area contributed by atoms with Crippen molar-refractivity contribution >= 4 is 33.3 Å². The van der Waals surface area contributed by atoms with E-state index in [1.807, 2.05) is 60.5 Å². The first-order valence-electron chi connectivity index (χ1n) is 6.27. The van der Waals surface area contributed by atoms with Gasteiger partial charge in [0.25, 0.3) is 0 Å². The Hall–Kier alpha value is -1.16. The third-order valence-corrected chi connectivity index (χ3v) is 4.05. The van der Waals surface area contributed by atoms with Gasteiger partial charge in [0.05, 0.1) is 6.54 Å². The molecule has 20 heavy (non-hydrogen) atoms. The van der Waals surface area contributed by atoms with E-state index in [1.165, 1.54) is 0 Å². The van der Waals surface area contributed by atoms with Gasteiger partial charge in [-0.05, 0) is 24.7 Å². The fraction of sp³-hybridized carbons (Fsp3) is 0.188. The topological polar surface area (TPSA) is 20.3 Å². The number of carbonyl (C=O) groups is 1. The maximum Gasteiger partial charge on any atom is 0.177 e. The van der Waals surface area contributed by atoms with Crippen LogP contribution >= 0.6 is 27.5 Å². The third kappa shape index (κ3) is 3.92. The van der Waals surface area contributed by atoms with Crippen LogP contribution in [0.4, 0.5) is 0 Å². The molecule has 0 spiro atoms. The largest absolute Gasteiger partial charge is 0.295 e. The van der Waals surface area contributed by atoms with E-state index >= 15 is 0 Å². The van der Waals surface area contributed by atoms with Crippen molar-refractivity contribution in [1.82, 2.24) is 4.90 Å². The summed E-state index contributed by atoms with van der Waals surface area (Å²) >= 11 is 9.53. The van der Waals surface area contributed by atoms with E-state index in [9.17, 15) is 4.79 Å². The van der Waals surface area contributed by atoms with Crippen molar-refractivity contribution in [3.8, 4) is 0 Å². The van der Waals surface area contributed by atoms with E-state index in [1.54, 1.807) is 0 Å². The first kappa shape index (κ1) is 15.2. The van der Waals surface area contributed by atoms with E-state index in [-0.39, 0.29) is 5.78 Å². The maximum absolute atomic E-state index is 12.2. The summed E-state index contributed by atoms with van der Waals surface area (Å²) in [6.07, 6.45) is 0. The van der Waals surface area contributed by atoms with Gasteiger partial charge in [0.15, 0.2) is 5.78 Å². The number of likely N-dealkylation sites (N-methyl/N-ethyl adjacent to an activating group) is 1. The minimum atomic E-state index is 0.0898. The molecule has 0 N–H and O–H groups in total. The molecule has 0 atom stereocenters. The van der Waals surface area contributed by atoms with Crippen molar-refractivity contribution in [2.45, 2.75) is 6.54 Å². The Bertz CT molecular complexity index is 615. The van der Waals surface area contributed by atoms with Crippen molar-refractivity contribution in [1.29, 1.82) is 0 Å². The van der Waals surface area contributed by atoms with Crippen LogP contribution in [0.25, 0.3) is 0 Å². The average molecular weight is 353 g/mol. The lowest BCUT2D eigenvalue weighted by atomic mass is 10.1. The molecule has 2 rings (SSSR count). The third-order valence-electron chi connectivity index (χ3n) is 2.99. The number of hydrogen-bond donors (Lipinski definition) is 0. The van der Waals surface area contributed by atoms with Gasteiger partial charge in [0.1, 0.15) is 0 Å². The van der Waals surface area contributed by atoms with E-state index in [0.29, 0.717) is 18.7 Å². The van der Waals surface area contributed by atoms with Gasteiger partial charge in [0, 0.05) is 21.6 Å². The lowest BCUT2D eigenvalue weighted by Crippen LogP contribution is -2.26. The normalized spacial score (nSPS) is 10.8. The van der Waals surface area contributed by atoms with Crippen LogP contribution < -0.4 is 0 Å². The number of Topliss-reactive ketones (excluding diaryl/α,β-unsaturated/α-hetero) is 1. The standard InChI is InChI=1S/C16H15BrClNO/c1-19(10-12-6-2-5-9-15(12)18)11-16(20)13-7-3-4-8-14(13)17/h2-9H,10-11H2,1H3. The summed E-state index contributed by atoms with van der Waals surface area (Å²) in [6, 6.07) is 15.2. The molecule has 104 valence electrons. The summed E-state index contributed by atoms with van der Waals surface area (Å²) in [7, 11) is 1.91. The Morgan fingerprint density at radius 3 is 2.50 bits per heavy atom. The van der Waals surface area contributed by atoms with Gasteiger partial charge in [-0.2, -0.15) is 0 Å². The molecule has 0 heterocycles. The first-order valence-corrected chi connectivity index (χ1v) is 7.44. The highest BCUT2D eigenvalue weighted by molar-refractivity contribution is 9.10. The number of rotatable bonds is 5. The number of ketones is 1. The molecular formula is C16H15BrClNO. The molecule has 0 aliphatic heterocycles. The van der Waals surface area contributed by atoms with Crippen LogP contribution in [0.5, 0.6) is 0 Å². The highest BCUT2D eigenvalue weighted by Gasteiger charge is 2.13. The summed E-state index contributed by atoms with van der Waals surface area (Å²) in [5.41, 5.74) is 1.73. The average Bonchev–Trinajstić information content (AvgIpc) is 2.41. The molecule has 0 saturated heterocycles. The zero-order chi connectivity index (χ0) is 14.5. The number of nitrogens with zero attached hydrogens (tertiary/aromatic N) is 1. The molecule has 0 aliphatic carbocycles. The molecule has 0 aromatic heterocycles. The van der Waals surface area contributed by atoms with Crippen LogP contribution in [0.2, 0.25) is 5.02 Å². The van der Waals surface area contributed by atoms with Crippen LogP contribution in [0.1, 0.15) is 15.9 Å². The second kappa shape index (κ2) is 7.02. The predicted molar refractivity (Wildman–Crippen MR) is 86.3 cm³/mol. The Morgan fingerprint density at radius 1 is 1.15 bits per heavy atom. The molecule has 2 nitrogen and oxygen atoms in total. The van der Waals surface area contributed by atoms with Crippen LogP contribution in [0.3, 0.4) is 0 Å². The summed E-state index contributed by atoms with van der Waals surface area (Å²) in [5.74, 6) is 0.0898. The lowest BCUT2D eigenvalue weighted by Gasteiger charge is -2.17. The van der Waals surface area contributed by atoms with Gasteiger partial charge in [-0.3, -0.25) is 9.69 Å². The fourth-order valence-corrected chi connectivity index (χ4v) is 2.69. The molecule has 2 aromatic carbocycles. The van der Waals surface area contributed by atoms with Gasteiger partial charge >= 0.3 is 0 Å². The van der Waals surface area contributed by atoms with E-state index in [4.69, 9.17) is 11.6 Å². The highest BCUT2D eigenvalue weighted by atomic mass is 79.9. The minimum Gasteiger partial charge on any atom is -0.295 e. The monoisotopic (exact) mass is 351 g/mol. The number of hydrogen-bond acceptors (Lipinski definition) is 2. The molecule has 4 heteroatoms. The summed E-state index contributed by atoms with van der Waals surface area (Å²) in [5, 5.41) is 0.729. The molecule has 0 bridgehead atoms. The fourth-order valence-electron chi connectivity index (χ4n) is 1.99. The highest BCUT2D eigenvalue weighted by Crippen LogP contribution is 2.19. The van der Waals surface area contributed by atoms with Gasteiger partial charge in [-0.1, -0.05) is 63.9 Å². The number of carbonyl (C=O) groups excluding carboxylic acids is 1. The molecular weight excluding hydrogens is 338 g/mol. The Labute approximate surface area is 132 Å². The predicted octanol–water partition coefficient (Wildman–Crippen LogP) is 4.42. The maximum atomic E-state index is 12.2. The lowest BCUT2D eigenvalue weighted by molar-refractivity contribution is 0.0942. The number of benzene rings is 2. The second-order valence-electron chi connectivity index (χ2n) is 4.67. The SMILES string of the molecule is CN(CC(=O)c1ccccc1Br)Cc1ccccc1Cl. The quantitative estimate of drug-likeness (QED) is 0.743. The van der Waals surface area contributed by atoms with E-state index in [2.05, 4.69) is 15.9 Å². The summed E-state index contributed by atoms with van der Waals surface area (Å²) < 4.78 is 0.830. The van der Waals surface area contributed by atoms with Crippen LogP contribution in [0.15, 0.2) is 53.0 Å². The Morgan fingerprint density at radius 2 is 1.80 bits per heavy atom. The Balaban J connectivity index is 2.02. The smallest absolute Gasteiger partial charge is 0.177 e. The van der Waals surface area contributed by atoms with E-state index in [0.717, 1.165) is 15.1 Å². The summed E-state index contributed by atoms with van der Waals surface area (Å²) in [4.78, 5) is 14.2. The molecule has 0 saturated carbocycles. The zero-order valence-corrected chi connectivity index (χ0v) is 13.5. The molecule has 0 fully saturated rings. The van der Waals surface area contributed by atoms with Gasteiger partial charge in [-0.15, -0.1) is 0 Å². The van der Waals surface area contributed by atoms with Gasteiger partial charge < -0.3 is 0 Å². The first-order chi connectivity index (χ1) is 9.58. The van der Waals surface area contributed by atoms with Gasteiger partial charge in [-0.25, -0.2) is 0 Å². The molecule has 2 aromatic rings.